The van der Waals surface area contributed by atoms with Gasteiger partial charge in [0.1, 0.15) is 6.04 Å². The Morgan fingerprint density at radius 2 is 1.85 bits per heavy atom. The first kappa shape index (κ1) is 23.9. The normalized spacial score (nSPS) is 14.4. The summed E-state index contributed by atoms with van der Waals surface area (Å²) in [5.74, 6) is -1.05. The molecule has 2 heterocycles. The van der Waals surface area contributed by atoms with Crippen molar-refractivity contribution < 1.29 is 14.4 Å². The fourth-order valence-corrected chi connectivity index (χ4v) is 4.85. The Hall–Kier alpha value is -3.23. The van der Waals surface area contributed by atoms with Crippen LogP contribution in [0.3, 0.4) is 0 Å². The number of carbonyl (C=O) groups excluding carboxylic acids is 3. The van der Waals surface area contributed by atoms with E-state index in [-0.39, 0.29) is 24.4 Å². The van der Waals surface area contributed by atoms with Gasteiger partial charge in [0.2, 0.25) is 11.8 Å². The van der Waals surface area contributed by atoms with Crippen molar-refractivity contribution in [3.05, 3.63) is 81.8 Å². The van der Waals surface area contributed by atoms with E-state index in [0.29, 0.717) is 21.2 Å². The number of amides is 3. The standard InChI is InChI=1S/C25H25ClN4O3S/c26-18-9-11-20(12-10-18)30(22(31)16-28-24(32)21-8-4-14-34-21)23(17-5-3-13-27-15-17)25(33)29-19-6-1-2-7-19/h3-5,8-15,19,23H,1-2,6-7,16H2,(H,28,32)(H,29,33)/t23-/m1/s1. The van der Waals surface area contributed by atoms with Gasteiger partial charge in [0.25, 0.3) is 5.91 Å². The molecule has 4 rings (SSSR count). The van der Waals surface area contributed by atoms with Crippen molar-refractivity contribution in [1.82, 2.24) is 15.6 Å². The smallest absolute Gasteiger partial charge is 0.261 e. The largest absolute Gasteiger partial charge is 0.351 e. The molecular weight excluding hydrogens is 472 g/mol. The van der Waals surface area contributed by atoms with Crippen LogP contribution in [0.15, 0.2) is 66.3 Å². The van der Waals surface area contributed by atoms with Crippen LogP contribution in [0.2, 0.25) is 5.02 Å². The Morgan fingerprint density at radius 1 is 1.09 bits per heavy atom. The maximum atomic E-state index is 13.6. The lowest BCUT2D eigenvalue weighted by molar-refractivity contribution is -0.126. The highest BCUT2D eigenvalue weighted by molar-refractivity contribution is 7.12. The van der Waals surface area contributed by atoms with Gasteiger partial charge in [0.05, 0.1) is 11.4 Å². The molecule has 2 aromatic heterocycles. The maximum absolute atomic E-state index is 13.6. The van der Waals surface area contributed by atoms with Crippen LogP contribution in [0.25, 0.3) is 0 Å². The van der Waals surface area contributed by atoms with Crippen LogP contribution in [-0.4, -0.2) is 35.3 Å². The number of nitrogens with one attached hydrogen (secondary N) is 2. The molecule has 0 bridgehead atoms. The summed E-state index contributed by atoms with van der Waals surface area (Å²) >= 11 is 7.37. The third kappa shape index (κ3) is 5.81. The summed E-state index contributed by atoms with van der Waals surface area (Å²) in [6.45, 7) is -0.271. The first-order valence-electron chi connectivity index (χ1n) is 11.1. The van der Waals surface area contributed by atoms with Gasteiger partial charge in [-0.3, -0.25) is 24.3 Å². The summed E-state index contributed by atoms with van der Waals surface area (Å²) in [6, 6.07) is 12.8. The van der Waals surface area contributed by atoms with E-state index in [1.807, 2.05) is 0 Å². The molecule has 0 aliphatic heterocycles. The highest BCUT2D eigenvalue weighted by Crippen LogP contribution is 2.30. The number of benzene rings is 1. The number of pyridine rings is 1. The van der Waals surface area contributed by atoms with E-state index in [1.165, 1.54) is 16.2 Å². The summed E-state index contributed by atoms with van der Waals surface area (Å²) in [5.41, 5.74) is 1.07. The zero-order valence-electron chi connectivity index (χ0n) is 18.4. The van der Waals surface area contributed by atoms with Crippen molar-refractivity contribution >= 4 is 46.3 Å². The third-order valence-electron chi connectivity index (χ3n) is 5.73. The van der Waals surface area contributed by atoms with Gasteiger partial charge >= 0.3 is 0 Å². The topological polar surface area (TPSA) is 91.4 Å². The molecule has 9 heteroatoms. The number of rotatable bonds is 8. The Bertz CT molecular complexity index is 1120. The van der Waals surface area contributed by atoms with Gasteiger partial charge in [-0.25, -0.2) is 0 Å². The second kappa shape index (κ2) is 11.3. The molecule has 0 saturated heterocycles. The average Bonchev–Trinajstić information content (AvgIpc) is 3.57. The fourth-order valence-electron chi connectivity index (χ4n) is 4.08. The van der Waals surface area contributed by atoms with Gasteiger partial charge in [-0.05, 0) is 54.6 Å². The highest BCUT2D eigenvalue weighted by Gasteiger charge is 2.34. The van der Waals surface area contributed by atoms with Gasteiger partial charge < -0.3 is 10.6 Å². The van der Waals surface area contributed by atoms with Crippen molar-refractivity contribution in [2.75, 3.05) is 11.4 Å². The van der Waals surface area contributed by atoms with Crippen LogP contribution in [0.1, 0.15) is 47.0 Å². The summed E-state index contributed by atoms with van der Waals surface area (Å²) in [6.07, 6.45) is 7.16. The van der Waals surface area contributed by atoms with Crippen molar-refractivity contribution in [2.24, 2.45) is 0 Å². The van der Waals surface area contributed by atoms with Crippen LogP contribution < -0.4 is 15.5 Å². The molecule has 0 radical (unpaired) electrons. The van der Waals surface area contributed by atoms with Gasteiger partial charge in [-0.1, -0.05) is 36.6 Å². The molecule has 176 valence electrons. The molecule has 3 aromatic rings. The molecule has 1 aromatic carbocycles. The second-order valence-electron chi connectivity index (χ2n) is 8.08. The molecule has 1 atom stereocenters. The number of hydrogen-bond donors (Lipinski definition) is 2. The van der Waals surface area contributed by atoms with E-state index in [4.69, 9.17) is 11.6 Å². The Balaban J connectivity index is 1.65. The molecule has 2 N–H and O–H groups in total. The summed E-state index contributed by atoms with van der Waals surface area (Å²) in [5, 5.41) is 8.08. The van der Waals surface area contributed by atoms with Crippen LogP contribution in [0.4, 0.5) is 5.69 Å². The van der Waals surface area contributed by atoms with E-state index in [1.54, 1.807) is 66.3 Å². The highest BCUT2D eigenvalue weighted by atomic mass is 35.5. The van der Waals surface area contributed by atoms with E-state index in [9.17, 15) is 14.4 Å². The van der Waals surface area contributed by atoms with Crippen LogP contribution in [0.5, 0.6) is 0 Å². The number of halogens is 1. The number of carbonyl (C=O) groups is 3. The number of anilines is 1. The van der Waals surface area contributed by atoms with E-state index >= 15 is 0 Å². The second-order valence-corrected chi connectivity index (χ2v) is 9.46. The summed E-state index contributed by atoms with van der Waals surface area (Å²) in [4.78, 5) is 45.6. The summed E-state index contributed by atoms with van der Waals surface area (Å²) in [7, 11) is 0. The first-order chi connectivity index (χ1) is 16.5. The molecule has 1 saturated carbocycles. The number of hydrogen-bond acceptors (Lipinski definition) is 5. The van der Waals surface area contributed by atoms with E-state index in [0.717, 1.165) is 25.7 Å². The van der Waals surface area contributed by atoms with E-state index in [2.05, 4.69) is 15.6 Å². The predicted molar refractivity (Wildman–Crippen MR) is 133 cm³/mol. The van der Waals surface area contributed by atoms with Crippen LogP contribution >= 0.6 is 22.9 Å². The molecule has 1 aliphatic rings. The molecule has 0 spiro atoms. The number of nitrogens with zero attached hydrogens (tertiary/aromatic N) is 2. The monoisotopic (exact) mass is 496 g/mol. The molecular formula is C25H25ClN4O3S. The van der Waals surface area contributed by atoms with Gasteiger partial charge in [-0.15, -0.1) is 11.3 Å². The maximum Gasteiger partial charge on any atom is 0.261 e. The van der Waals surface area contributed by atoms with Gasteiger partial charge in [-0.2, -0.15) is 0 Å². The summed E-state index contributed by atoms with van der Waals surface area (Å²) < 4.78 is 0. The zero-order valence-corrected chi connectivity index (χ0v) is 20.0. The minimum atomic E-state index is -0.957. The molecule has 34 heavy (non-hydrogen) atoms. The zero-order chi connectivity index (χ0) is 23.9. The molecule has 7 nitrogen and oxygen atoms in total. The minimum absolute atomic E-state index is 0.0763. The molecule has 3 amide bonds. The lowest BCUT2D eigenvalue weighted by Crippen LogP contribution is -2.49. The SMILES string of the molecule is O=C(NCC(=O)N(c1ccc(Cl)cc1)[C@@H](C(=O)NC1CCCC1)c1cccnc1)c1cccs1. The fraction of sp³-hybridized carbons (Fsp3) is 0.280. The van der Waals surface area contributed by atoms with Crippen molar-refractivity contribution in [1.29, 1.82) is 0 Å². The van der Waals surface area contributed by atoms with Gasteiger partial charge in [0.15, 0.2) is 0 Å². The average molecular weight is 497 g/mol. The Labute approximate surface area is 207 Å². The number of thiophene rings is 1. The molecule has 0 unspecified atom stereocenters. The minimum Gasteiger partial charge on any atom is -0.351 e. The lowest BCUT2D eigenvalue weighted by atomic mass is 10.0. The molecule has 1 aliphatic carbocycles. The van der Waals surface area contributed by atoms with Crippen molar-refractivity contribution in [3.8, 4) is 0 Å². The van der Waals surface area contributed by atoms with Crippen molar-refractivity contribution in [2.45, 2.75) is 37.8 Å². The predicted octanol–water partition coefficient (Wildman–Crippen LogP) is 4.36. The lowest BCUT2D eigenvalue weighted by Gasteiger charge is -2.32. The molecule has 1 fully saturated rings. The van der Waals surface area contributed by atoms with Gasteiger partial charge in [0, 0.05) is 34.7 Å². The van der Waals surface area contributed by atoms with E-state index < -0.39 is 11.9 Å². The van der Waals surface area contributed by atoms with Crippen LogP contribution in [0, 0.1) is 0 Å². The van der Waals surface area contributed by atoms with Crippen molar-refractivity contribution in [3.63, 3.8) is 0 Å². The Morgan fingerprint density at radius 3 is 2.50 bits per heavy atom. The Kier molecular flexibility index (Phi) is 7.92. The first-order valence-corrected chi connectivity index (χ1v) is 12.4. The number of aromatic nitrogens is 1. The van der Waals surface area contributed by atoms with Crippen LogP contribution in [-0.2, 0) is 9.59 Å². The quantitative estimate of drug-likeness (QED) is 0.484. The third-order valence-corrected chi connectivity index (χ3v) is 6.85.